The molecule has 2 amide bonds. The van der Waals surface area contributed by atoms with Crippen molar-refractivity contribution in [1.29, 1.82) is 0 Å². The van der Waals surface area contributed by atoms with Gasteiger partial charge in [0.1, 0.15) is 0 Å². The normalized spacial score (nSPS) is 15.9. The van der Waals surface area contributed by atoms with E-state index in [1.165, 1.54) is 11.1 Å². The first-order chi connectivity index (χ1) is 11.0. The Kier molecular flexibility index (Phi) is 5.52. The van der Waals surface area contributed by atoms with Crippen molar-refractivity contribution < 1.29 is 4.79 Å². The minimum absolute atomic E-state index is 0. The van der Waals surface area contributed by atoms with Crippen LogP contribution >= 0.6 is 12.4 Å². The fraction of sp³-hybridized carbons (Fsp3) is 0.316. The summed E-state index contributed by atoms with van der Waals surface area (Å²) in [5.74, 6) is 0. The zero-order chi connectivity index (χ0) is 16.6. The van der Waals surface area contributed by atoms with E-state index in [4.69, 9.17) is 0 Å². The molecular weight excluding hydrogens is 322 g/mol. The van der Waals surface area contributed by atoms with Crippen LogP contribution in [0.4, 0.5) is 16.2 Å². The molecule has 0 spiro atoms. The lowest BCUT2D eigenvalue weighted by Crippen LogP contribution is -2.36. The molecule has 1 heterocycles. The molecule has 0 N–H and O–H groups in total. The second-order valence-corrected chi connectivity index (χ2v) is 6.38. The average molecular weight is 346 g/mol. The van der Waals surface area contributed by atoms with Gasteiger partial charge in [0.25, 0.3) is 0 Å². The van der Waals surface area contributed by atoms with Gasteiger partial charge in [-0.1, -0.05) is 36.4 Å². The Hall–Kier alpha value is -2.04. The van der Waals surface area contributed by atoms with Crippen molar-refractivity contribution >= 4 is 29.8 Å². The predicted molar refractivity (Wildman–Crippen MR) is 101 cm³/mol. The number of benzene rings is 2. The highest BCUT2D eigenvalue weighted by Gasteiger charge is 2.31. The standard InChI is InChI=1S/C19H23N3O.ClH/c1-20(2)18-13-14-9-5-7-11-16(14)22(19(23)21(3)4)17-12-8-6-10-15(17)18;/h5-12,18H,13H2,1-4H3;1H. The topological polar surface area (TPSA) is 26.8 Å². The summed E-state index contributed by atoms with van der Waals surface area (Å²) in [6, 6.07) is 16.6. The number of halogens is 1. The Balaban J connectivity index is 0.00000208. The van der Waals surface area contributed by atoms with E-state index in [1.807, 2.05) is 41.3 Å². The molecule has 3 rings (SSSR count). The molecule has 2 aromatic rings. The van der Waals surface area contributed by atoms with Crippen LogP contribution in [0.15, 0.2) is 48.5 Å². The first kappa shape index (κ1) is 18.3. The molecule has 0 fully saturated rings. The van der Waals surface area contributed by atoms with Crippen molar-refractivity contribution in [3.8, 4) is 0 Å². The summed E-state index contributed by atoms with van der Waals surface area (Å²) in [6.07, 6.45) is 0.886. The number of anilines is 2. The first-order valence-corrected chi connectivity index (χ1v) is 7.85. The first-order valence-electron chi connectivity index (χ1n) is 7.85. The lowest BCUT2D eigenvalue weighted by Gasteiger charge is -2.29. The van der Waals surface area contributed by atoms with Crippen LogP contribution in [0.2, 0.25) is 0 Å². The monoisotopic (exact) mass is 345 g/mol. The number of amides is 2. The van der Waals surface area contributed by atoms with Gasteiger partial charge in [-0.2, -0.15) is 0 Å². The molecule has 0 radical (unpaired) electrons. The number of rotatable bonds is 1. The van der Waals surface area contributed by atoms with Gasteiger partial charge in [0.15, 0.2) is 0 Å². The molecule has 2 aromatic carbocycles. The molecular formula is C19H24ClN3O. The van der Waals surface area contributed by atoms with E-state index in [0.717, 1.165) is 17.8 Å². The smallest absolute Gasteiger partial charge is 0.328 e. The summed E-state index contributed by atoms with van der Waals surface area (Å²) < 4.78 is 0. The fourth-order valence-corrected chi connectivity index (χ4v) is 3.19. The van der Waals surface area contributed by atoms with Gasteiger partial charge in [-0.15, -0.1) is 12.4 Å². The fourth-order valence-electron chi connectivity index (χ4n) is 3.19. The Bertz CT molecular complexity index is 730. The van der Waals surface area contributed by atoms with Gasteiger partial charge in [0.2, 0.25) is 0 Å². The highest BCUT2D eigenvalue weighted by atomic mass is 35.5. The van der Waals surface area contributed by atoms with Gasteiger partial charge >= 0.3 is 6.03 Å². The highest BCUT2D eigenvalue weighted by Crippen LogP contribution is 2.41. The van der Waals surface area contributed by atoms with Crippen LogP contribution < -0.4 is 4.90 Å². The lowest BCUT2D eigenvalue weighted by molar-refractivity contribution is 0.226. The van der Waals surface area contributed by atoms with Crippen molar-refractivity contribution in [2.24, 2.45) is 0 Å². The van der Waals surface area contributed by atoms with Crippen LogP contribution in [0.5, 0.6) is 0 Å². The molecule has 0 saturated carbocycles. The molecule has 0 saturated heterocycles. The molecule has 0 aliphatic carbocycles. The molecule has 1 aliphatic rings. The zero-order valence-corrected chi connectivity index (χ0v) is 15.4. The molecule has 4 nitrogen and oxygen atoms in total. The third-order valence-corrected chi connectivity index (χ3v) is 4.38. The number of hydrogen-bond donors (Lipinski definition) is 0. The van der Waals surface area contributed by atoms with Crippen LogP contribution in [0, 0.1) is 0 Å². The quantitative estimate of drug-likeness (QED) is 0.778. The summed E-state index contributed by atoms with van der Waals surface area (Å²) in [6.45, 7) is 0. The minimum atomic E-state index is -0.0238. The Morgan fingerprint density at radius 3 is 2.17 bits per heavy atom. The van der Waals surface area contributed by atoms with Crippen LogP contribution in [0.25, 0.3) is 0 Å². The van der Waals surface area contributed by atoms with Crippen molar-refractivity contribution in [3.63, 3.8) is 0 Å². The summed E-state index contributed by atoms with van der Waals surface area (Å²) in [5, 5.41) is 0. The van der Waals surface area contributed by atoms with Crippen molar-refractivity contribution in [2.75, 3.05) is 33.1 Å². The van der Waals surface area contributed by atoms with Crippen LogP contribution in [0.1, 0.15) is 17.2 Å². The Morgan fingerprint density at radius 2 is 1.54 bits per heavy atom. The number of carbonyl (C=O) groups is 1. The maximum absolute atomic E-state index is 12.9. The Morgan fingerprint density at radius 1 is 0.958 bits per heavy atom. The number of nitrogens with zero attached hydrogens (tertiary/aromatic N) is 3. The van der Waals surface area contributed by atoms with Crippen LogP contribution in [-0.4, -0.2) is 44.0 Å². The molecule has 1 aliphatic heterocycles. The second kappa shape index (κ2) is 7.24. The largest absolute Gasteiger partial charge is 0.330 e. The SMILES string of the molecule is CN(C)C(=O)N1c2ccccc2CC(N(C)C)c2ccccc21.Cl. The number of likely N-dealkylation sites (N-methyl/N-ethyl adjacent to an activating group) is 1. The van der Waals surface area contributed by atoms with E-state index in [1.54, 1.807) is 19.0 Å². The van der Waals surface area contributed by atoms with E-state index in [9.17, 15) is 4.79 Å². The summed E-state index contributed by atoms with van der Waals surface area (Å²) >= 11 is 0. The zero-order valence-electron chi connectivity index (χ0n) is 14.6. The molecule has 1 atom stereocenters. The van der Waals surface area contributed by atoms with Crippen molar-refractivity contribution in [1.82, 2.24) is 9.80 Å². The van der Waals surface area contributed by atoms with Gasteiger partial charge in [0, 0.05) is 20.1 Å². The third kappa shape index (κ3) is 3.12. The van der Waals surface area contributed by atoms with Crippen molar-refractivity contribution in [3.05, 3.63) is 59.7 Å². The van der Waals surface area contributed by atoms with Gasteiger partial charge in [-0.3, -0.25) is 4.90 Å². The Labute approximate surface area is 150 Å². The van der Waals surface area contributed by atoms with E-state index in [-0.39, 0.29) is 24.5 Å². The van der Waals surface area contributed by atoms with Crippen LogP contribution in [-0.2, 0) is 6.42 Å². The number of hydrogen-bond acceptors (Lipinski definition) is 2. The molecule has 128 valence electrons. The van der Waals surface area contributed by atoms with E-state index in [2.05, 4.69) is 31.1 Å². The number of carbonyl (C=O) groups excluding carboxylic acids is 1. The lowest BCUT2D eigenvalue weighted by atomic mass is 9.98. The van der Waals surface area contributed by atoms with Gasteiger partial charge in [-0.05, 0) is 43.8 Å². The summed E-state index contributed by atoms with van der Waals surface area (Å²) in [4.78, 5) is 18.6. The molecule has 5 heteroatoms. The van der Waals surface area contributed by atoms with Crippen LogP contribution in [0.3, 0.4) is 0 Å². The van der Waals surface area contributed by atoms with E-state index >= 15 is 0 Å². The van der Waals surface area contributed by atoms with Crippen molar-refractivity contribution in [2.45, 2.75) is 12.5 Å². The molecule has 1 unspecified atom stereocenters. The second-order valence-electron chi connectivity index (χ2n) is 6.38. The maximum Gasteiger partial charge on any atom is 0.328 e. The summed E-state index contributed by atoms with van der Waals surface area (Å²) in [5.41, 5.74) is 4.32. The third-order valence-electron chi connectivity index (χ3n) is 4.38. The number of urea groups is 1. The summed E-state index contributed by atoms with van der Waals surface area (Å²) in [7, 11) is 7.77. The number of para-hydroxylation sites is 2. The van der Waals surface area contributed by atoms with Gasteiger partial charge < -0.3 is 9.80 Å². The van der Waals surface area contributed by atoms with Gasteiger partial charge in [-0.25, -0.2) is 4.79 Å². The van der Waals surface area contributed by atoms with Gasteiger partial charge in [0.05, 0.1) is 11.4 Å². The predicted octanol–water partition coefficient (Wildman–Crippen LogP) is 4.09. The average Bonchev–Trinajstić information content (AvgIpc) is 2.68. The van der Waals surface area contributed by atoms with E-state index < -0.39 is 0 Å². The highest BCUT2D eigenvalue weighted by molar-refractivity contribution is 6.01. The molecule has 0 aromatic heterocycles. The minimum Gasteiger partial charge on any atom is -0.330 e. The maximum atomic E-state index is 12.9. The number of fused-ring (bicyclic) bond motifs is 2. The molecule has 24 heavy (non-hydrogen) atoms. The van der Waals surface area contributed by atoms with E-state index in [0.29, 0.717) is 0 Å². The molecule has 0 bridgehead atoms.